The van der Waals surface area contributed by atoms with Crippen molar-refractivity contribution >= 4 is 5.91 Å². The maximum absolute atomic E-state index is 12.3. The van der Waals surface area contributed by atoms with Gasteiger partial charge in [-0.05, 0) is 37.8 Å². The van der Waals surface area contributed by atoms with Gasteiger partial charge in [-0.1, -0.05) is 13.0 Å². The standard InChI is InChI=1S/C16H23NO3/c1-3-13-7-4-5-10-17(13)16(18)12-20-15-9-6-8-14(11-15)19-2/h6,8-9,11,13H,3-5,7,10,12H2,1-2H3. The number of nitrogens with zero attached hydrogens (tertiary/aromatic N) is 1. The Balaban J connectivity index is 1.90. The molecule has 1 aromatic rings. The Morgan fingerprint density at radius 3 is 2.90 bits per heavy atom. The monoisotopic (exact) mass is 277 g/mol. The van der Waals surface area contributed by atoms with Gasteiger partial charge in [-0.3, -0.25) is 4.79 Å². The summed E-state index contributed by atoms with van der Waals surface area (Å²) in [6.07, 6.45) is 4.45. The molecule has 0 radical (unpaired) electrons. The van der Waals surface area contributed by atoms with E-state index in [1.54, 1.807) is 13.2 Å². The van der Waals surface area contributed by atoms with E-state index >= 15 is 0 Å². The van der Waals surface area contributed by atoms with Gasteiger partial charge in [0, 0.05) is 18.7 Å². The van der Waals surface area contributed by atoms with Crippen LogP contribution in [-0.2, 0) is 4.79 Å². The number of rotatable bonds is 5. The lowest BCUT2D eigenvalue weighted by Crippen LogP contribution is -2.45. The summed E-state index contributed by atoms with van der Waals surface area (Å²) in [5.41, 5.74) is 0. The highest BCUT2D eigenvalue weighted by molar-refractivity contribution is 5.78. The van der Waals surface area contributed by atoms with Crippen LogP contribution in [-0.4, -0.2) is 37.1 Å². The van der Waals surface area contributed by atoms with Gasteiger partial charge in [0.05, 0.1) is 7.11 Å². The Kier molecular flexibility index (Phi) is 5.27. The maximum atomic E-state index is 12.3. The summed E-state index contributed by atoms with van der Waals surface area (Å²) >= 11 is 0. The highest BCUT2D eigenvalue weighted by Crippen LogP contribution is 2.21. The zero-order chi connectivity index (χ0) is 14.4. The van der Waals surface area contributed by atoms with Gasteiger partial charge in [0.2, 0.25) is 0 Å². The number of benzene rings is 1. The normalized spacial score (nSPS) is 18.7. The Bertz CT molecular complexity index is 447. The molecule has 1 aliphatic rings. The SMILES string of the molecule is CCC1CCCCN1C(=O)COc1cccc(OC)c1. The van der Waals surface area contributed by atoms with Gasteiger partial charge in [0.25, 0.3) is 5.91 Å². The van der Waals surface area contributed by atoms with Crippen molar-refractivity contribution in [3.8, 4) is 11.5 Å². The second-order valence-corrected chi connectivity index (χ2v) is 5.11. The molecular formula is C16H23NO3. The zero-order valence-electron chi connectivity index (χ0n) is 12.3. The first-order valence-electron chi connectivity index (χ1n) is 7.31. The lowest BCUT2D eigenvalue weighted by atomic mass is 10.00. The summed E-state index contributed by atoms with van der Waals surface area (Å²) in [6, 6.07) is 7.72. The number of ether oxygens (including phenoxy) is 2. The minimum absolute atomic E-state index is 0.0827. The van der Waals surface area contributed by atoms with E-state index in [0.29, 0.717) is 11.8 Å². The van der Waals surface area contributed by atoms with Crippen LogP contribution in [0.5, 0.6) is 11.5 Å². The summed E-state index contributed by atoms with van der Waals surface area (Å²) in [5, 5.41) is 0. The first-order chi connectivity index (χ1) is 9.74. The number of hydrogen-bond acceptors (Lipinski definition) is 3. The van der Waals surface area contributed by atoms with Crippen molar-refractivity contribution in [2.45, 2.75) is 38.6 Å². The van der Waals surface area contributed by atoms with Crippen LogP contribution in [0.1, 0.15) is 32.6 Å². The van der Waals surface area contributed by atoms with Gasteiger partial charge in [0.1, 0.15) is 11.5 Å². The lowest BCUT2D eigenvalue weighted by molar-refractivity contribution is -0.137. The topological polar surface area (TPSA) is 38.8 Å². The largest absolute Gasteiger partial charge is 0.497 e. The molecule has 0 aromatic heterocycles. The third-order valence-corrected chi connectivity index (χ3v) is 3.82. The van der Waals surface area contributed by atoms with Gasteiger partial charge in [-0.15, -0.1) is 0 Å². The van der Waals surface area contributed by atoms with Crippen molar-refractivity contribution in [1.82, 2.24) is 4.90 Å². The van der Waals surface area contributed by atoms with E-state index in [9.17, 15) is 4.79 Å². The van der Waals surface area contributed by atoms with Crippen molar-refractivity contribution in [3.63, 3.8) is 0 Å². The Morgan fingerprint density at radius 2 is 2.15 bits per heavy atom. The van der Waals surface area contributed by atoms with E-state index in [1.807, 2.05) is 23.1 Å². The molecule has 0 saturated carbocycles. The molecule has 0 spiro atoms. The molecule has 2 rings (SSSR count). The highest BCUT2D eigenvalue weighted by Gasteiger charge is 2.25. The predicted molar refractivity (Wildman–Crippen MR) is 78.1 cm³/mol. The first-order valence-corrected chi connectivity index (χ1v) is 7.31. The fourth-order valence-corrected chi connectivity index (χ4v) is 2.67. The van der Waals surface area contributed by atoms with Gasteiger partial charge in [-0.2, -0.15) is 0 Å². The minimum Gasteiger partial charge on any atom is -0.497 e. The highest BCUT2D eigenvalue weighted by atomic mass is 16.5. The van der Waals surface area contributed by atoms with Crippen LogP contribution in [0.3, 0.4) is 0 Å². The van der Waals surface area contributed by atoms with Crippen molar-refractivity contribution < 1.29 is 14.3 Å². The number of likely N-dealkylation sites (tertiary alicyclic amines) is 1. The summed E-state index contributed by atoms with van der Waals surface area (Å²) in [5.74, 6) is 1.49. The molecule has 1 aromatic carbocycles. The second kappa shape index (κ2) is 7.17. The lowest BCUT2D eigenvalue weighted by Gasteiger charge is -2.35. The van der Waals surface area contributed by atoms with E-state index in [1.165, 1.54) is 6.42 Å². The third kappa shape index (κ3) is 3.65. The molecule has 20 heavy (non-hydrogen) atoms. The quantitative estimate of drug-likeness (QED) is 0.830. The van der Waals surface area contributed by atoms with E-state index in [0.717, 1.165) is 31.6 Å². The average Bonchev–Trinajstić information content (AvgIpc) is 2.52. The molecule has 1 saturated heterocycles. The molecule has 1 unspecified atom stereocenters. The van der Waals surface area contributed by atoms with Crippen LogP contribution in [0, 0.1) is 0 Å². The summed E-state index contributed by atoms with van der Waals surface area (Å²) in [4.78, 5) is 14.2. The van der Waals surface area contributed by atoms with Crippen molar-refractivity contribution in [1.29, 1.82) is 0 Å². The Hall–Kier alpha value is -1.71. The van der Waals surface area contributed by atoms with E-state index in [-0.39, 0.29) is 12.5 Å². The van der Waals surface area contributed by atoms with Crippen LogP contribution >= 0.6 is 0 Å². The van der Waals surface area contributed by atoms with Gasteiger partial charge in [-0.25, -0.2) is 0 Å². The van der Waals surface area contributed by atoms with Crippen molar-refractivity contribution in [2.24, 2.45) is 0 Å². The maximum Gasteiger partial charge on any atom is 0.260 e. The smallest absolute Gasteiger partial charge is 0.260 e. The van der Waals surface area contributed by atoms with Crippen molar-refractivity contribution in [3.05, 3.63) is 24.3 Å². The number of carbonyl (C=O) groups excluding carboxylic acids is 1. The average molecular weight is 277 g/mol. The van der Waals surface area contributed by atoms with Gasteiger partial charge >= 0.3 is 0 Å². The molecule has 0 aliphatic carbocycles. The van der Waals surface area contributed by atoms with Crippen LogP contribution in [0.4, 0.5) is 0 Å². The van der Waals surface area contributed by atoms with Crippen LogP contribution in [0.15, 0.2) is 24.3 Å². The fraction of sp³-hybridized carbons (Fsp3) is 0.562. The van der Waals surface area contributed by atoms with E-state index < -0.39 is 0 Å². The molecule has 1 amide bonds. The fourth-order valence-electron chi connectivity index (χ4n) is 2.67. The molecule has 4 heteroatoms. The Morgan fingerprint density at radius 1 is 1.35 bits per heavy atom. The molecule has 1 fully saturated rings. The Labute approximate surface area is 120 Å². The van der Waals surface area contributed by atoms with Crippen LogP contribution < -0.4 is 9.47 Å². The number of piperidine rings is 1. The number of methoxy groups -OCH3 is 1. The second-order valence-electron chi connectivity index (χ2n) is 5.11. The molecule has 4 nitrogen and oxygen atoms in total. The summed E-state index contributed by atoms with van der Waals surface area (Å²) in [7, 11) is 1.61. The molecule has 0 bridgehead atoms. The minimum atomic E-state index is 0.0827. The van der Waals surface area contributed by atoms with Gasteiger partial charge < -0.3 is 14.4 Å². The van der Waals surface area contributed by atoms with E-state index in [2.05, 4.69) is 6.92 Å². The summed E-state index contributed by atoms with van der Waals surface area (Å²) < 4.78 is 10.7. The van der Waals surface area contributed by atoms with Crippen molar-refractivity contribution in [2.75, 3.05) is 20.3 Å². The first kappa shape index (κ1) is 14.7. The molecule has 1 aliphatic heterocycles. The predicted octanol–water partition coefficient (Wildman–Crippen LogP) is 2.87. The third-order valence-electron chi connectivity index (χ3n) is 3.82. The van der Waals surface area contributed by atoms with E-state index in [4.69, 9.17) is 9.47 Å². The molecular weight excluding hydrogens is 254 g/mol. The molecule has 1 atom stereocenters. The van der Waals surface area contributed by atoms with Gasteiger partial charge in [0.15, 0.2) is 6.61 Å². The number of amides is 1. The zero-order valence-corrected chi connectivity index (χ0v) is 12.3. The molecule has 0 N–H and O–H groups in total. The molecule has 1 heterocycles. The van der Waals surface area contributed by atoms with Crippen LogP contribution in [0.2, 0.25) is 0 Å². The summed E-state index contributed by atoms with van der Waals surface area (Å²) in [6.45, 7) is 3.10. The van der Waals surface area contributed by atoms with Crippen LogP contribution in [0.25, 0.3) is 0 Å². The number of hydrogen-bond donors (Lipinski definition) is 0. The molecule has 110 valence electrons. The number of carbonyl (C=O) groups is 1.